The summed E-state index contributed by atoms with van der Waals surface area (Å²) in [6, 6.07) is 7.58. The maximum Gasteiger partial charge on any atom is 0.260 e. The molecule has 0 spiro atoms. The average Bonchev–Trinajstić information content (AvgIpc) is 2.72. The summed E-state index contributed by atoms with van der Waals surface area (Å²) in [5.74, 6) is 0.645. The Labute approximate surface area is 149 Å². The van der Waals surface area contributed by atoms with E-state index in [9.17, 15) is 4.79 Å². The van der Waals surface area contributed by atoms with Crippen LogP contribution in [0, 0.1) is 0 Å². The molecule has 2 aliphatic rings. The molecule has 132 valence electrons. The lowest BCUT2D eigenvalue weighted by atomic mass is 9.80. The number of piperidine rings is 1. The third-order valence-electron chi connectivity index (χ3n) is 5.78. The first-order valence-electron chi connectivity index (χ1n) is 8.90. The number of para-hydroxylation sites is 1. The van der Waals surface area contributed by atoms with E-state index < -0.39 is 0 Å². The molecule has 1 aromatic rings. The van der Waals surface area contributed by atoms with E-state index in [1.54, 1.807) is 12.1 Å². The SMILES string of the molecule is CN1CCCC[C@@H]2N(C(=O)COc3ccccc3Cl)CCC[C@@]21C. The van der Waals surface area contributed by atoms with Gasteiger partial charge in [-0.3, -0.25) is 9.69 Å². The molecule has 0 unspecified atom stereocenters. The largest absolute Gasteiger partial charge is 0.482 e. The van der Waals surface area contributed by atoms with Crippen molar-refractivity contribution in [1.82, 2.24) is 9.80 Å². The van der Waals surface area contributed by atoms with Crippen LogP contribution in [0.25, 0.3) is 0 Å². The Hall–Kier alpha value is -1.26. The van der Waals surface area contributed by atoms with Gasteiger partial charge in [0.2, 0.25) is 0 Å². The number of fused-ring (bicyclic) bond motifs is 1. The Bertz CT molecular complexity index is 594. The van der Waals surface area contributed by atoms with Crippen LogP contribution in [-0.2, 0) is 4.79 Å². The number of likely N-dealkylation sites (tertiary alicyclic amines) is 2. The molecule has 2 heterocycles. The van der Waals surface area contributed by atoms with Crippen molar-refractivity contribution in [2.75, 3.05) is 26.7 Å². The third-order valence-corrected chi connectivity index (χ3v) is 6.09. The van der Waals surface area contributed by atoms with E-state index in [-0.39, 0.29) is 24.1 Å². The lowest BCUT2D eigenvalue weighted by Crippen LogP contribution is -2.63. The first kappa shape index (κ1) is 17.6. The van der Waals surface area contributed by atoms with Crippen LogP contribution in [0.5, 0.6) is 5.75 Å². The average molecular weight is 351 g/mol. The number of carbonyl (C=O) groups excluding carboxylic acids is 1. The normalized spacial score (nSPS) is 28.1. The van der Waals surface area contributed by atoms with Crippen molar-refractivity contribution in [2.45, 2.75) is 50.6 Å². The van der Waals surface area contributed by atoms with Gasteiger partial charge in [-0.05, 0) is 58.3 Å². The predicted molar refractivity (Wildman–Crippen MR) is 96.6 cm³/mol. The summed E-state index contributed by atoms with van der Waals surface area (Å²) in [7, 11) is 2.20. The molecule has 0 bridgehead atoms. The van der Waals surface area contributed by atoms with Gasteiger partial charge in [0.1, 0.15) is 5.75 Å². The molecule has 0 N–H and O–H groups in total. The molecular formula is C19H27ClN2O2. The van der Waals surface area contributed by atoms with E-state index in [0.717, 1.165) is 32.4 Å². The Balaban J connectivity index is 1.70. The minimum atomic E-state index is 0.0556. The molecule has 4 nitrogen and oxygen atoms in total. The third kappa shape index (κ3) is 3.40. The number of benzene rings is 1. The summed E-state index contributed by atoms with van der Waals surface area (Å²) < 4.78 is 5.69. The quantitative estimate of drug-likeness (QED) is 0.835. The second-order valence-corrected chi connectivity index (χ2v) is 7.61. The predicted octanol–water partition coefficient (Wildman–Crippen LogP) is 3.58. The van der Waals surface area contributed by atoms with Crippen molar-refractivity contribution in [2.24, 2.45) is 0 Å². The number of ether oxygens (including phenoxy) is 1. The van der Waals surface area contributed by atoms with Gasteiger partial charge >= 0.3 is 0 Å². The molecule has 0 radical (unpaired) electrons. The van der Waals surface area contributed by atoms with Crippen LogP contribution in [0.2, 0.25) is 5.02 Å². The lowest BCUT2D eigenvalue weighted by Gasteiger charge is -2.51. The molecule has 0 aromatic heterocycles. The van der Waals surface area contributed by atoms with Crippen molar-refractivity contribution in [3.63, 3.8) is 0 Å². The van der Waals surface area contributed by atoms with Crippen molar-refractivity contribution in [1.29, 1.82) is 0 Å². The second kappa shape index (κ2) is 7.32. The van der Waals surface area contributed by atoms with E-state index in [1.165, 1.54) is 12.8 Å². The summed E-state index contributed by atoms with van der Waals surface area (Å²) in [5, 5.41) is 0.544. The minimum absolute atomic E-state index is 0.0556. The van der Waals surface area contributed by atoms with Crippen LogP contribution < -0.4 is 4.74 Å². The topological polar surface area (TPSA) is 32.8 Å². The Kier molecular flexibility index (Phi) is 5.36. The van der Waals surface area contributed by atoms with Gasteiger partial charge < -0.3 is 9.64 Å². The van der Waals surface area contributed by atoms with E-state index >= 15 is 0 Å². The fraction of sp³-hybridized carbons (Fsp3) is 0.632. The number of hydrogen-bond acceptors (Lipinski definition) is 3. The highest BCUT2D eigenvalue weighted by atomic mass is 35.5. The van der Waals surface area contributed by atoms with E-state index in [0.29, 0.717) is 10.8 Å². The fourth-order valence-corrected chi connectivity index (χ4v) is 4.39. The van der Waals surface area contributed by atoms with Crippen LogP contribution in [0.3, 0.4) is 0 Å². The standard InChI is InChI=1S/C19H27ClN2O2/c1-19-11-7-13-22(17(19)10-5-6-12-21(19)2)18(23)14-24-16-9-4-3-8-15(16)20/h3-4,8-9,17H,5-7,10-14H2,1-2H3/t17-,19-/m0/s1. The number of likely N-dealkylation sites (N-methyl/N-ethyl adjacent to an activating group) is 1. The number of carbonyl (C=O) groups is 1. The fourth-order valence-electron chi connectivity index (χ4n) is 4.20. The highest BCUT2D eigenvalue weighted by molar-refractivity contribution is 6.32. The molecule has 1 aromatic carbocycles. The van der Waals surface area contributed by atoms with Crippen molar-refractivity contribution in [3.8, 4) is 5.75 Å². The van der Waals surface area contributed by atoms with Gasteiger partial charge in [-0.25, -0.2) is 0 Å². The second-order valence-electron chi connectivity index (χ2n) is 7.20. The monoisotopic (exact) mass is 350 g/mol. The maximum atomic E-state index is 12.8. The molecule has 2 saturated heterocycles. The van der Waals surface area contributed by atoms with E-state index in [1.807, 2.05) is 12.1 Å². The number of nitrogens with zero attached hydrogens (tertiary/aromatic N) is 2. The van der Waals surface area contributed by atoms with Gasteiger partial charge in [0.25, 0.3) is 5.91 Å². The van der Waals surface area contributed by atoms with Crippen LogP contribution in [-0.4, -0.2) is 54.0 Å². The van der Waals surface area contributed by atoms with Crippen molar-refractivity contribution in [3.05, 3.63) is 29.3 Å². The van der Waals surface area contributed by atoms with Gasteiger partial charge in [-0.1, -0.05) is 30.2 Å². The summed E-state index contributed by atoms with van der Waals surface area (Å²) >= 11 is 6.11. The van der Waals surface area contributed by atoms with Crippen LogP contribution in [0.15, 0.2) is 24.3 Å². The summed E-state index contributed by atoms with van der Waals surface area (Å²) in [6.07, 6.45) is 5.68. The van der Waals surface area contributed by atoms with Gasteiger partial charge in [0, 0.05) is 18.1 Å². The molecule has 0 saturated carbocycles. The smallest absolute Gasteiger partial charge is 0.260 e. The van der Waals surface area contributed by atoms with Gasteiger partial charge in [-0.15, -0.1) is 0 Å². The summed E-state index contributed by atoms with van der Waals surface area (Å²) in [6.45, 7) is 4.32. The van der Waals surface area contributed by atoms with Gasteiger partial charge in [-0.2, -0.15) is 0 Å². The molecule has 5 heteroatoms. The molecule has 2 fully saturated rings. The van der Waals surface area contributed by atoms with Crippen LogP contribution >= 0.6 is 11.6 Å². The molecule has 1 amide bonds. The van der Waals surface area contributed by atoms with Crippen molar-refractivity contribution < 1.29 is 9.53 Å². The lowest BCUT2D eigenvalue weighted by molar-refractivity contribution is -0.142. The Morgan fingerprint density at radius 3 is 2.88 bits per heavy atom. The minimum Gasteiger partial charge on any atom is -0.482 e. The van der Waals surface area contributed by atoms with Crippen molar-refractivity contribution >= 4 is 17.5 Å². The molecule has 2 atom stereocenters. The molecular weight excluding hydrogens is 324 g/mol. The maximum absolute atomic E-state index is 12.8. The first-order chi connectivity index (χ1) is 11.5. The van der Waals surface area contributed by atoms with Crippen LogP contribution in [0.4, 0.5) is 0 Å². The zero-order chi connectivity index (χ0) is 17.2. The zero-order valence-corrected chi connectivity index (χ0v) is 15.4. The number of rotatable bonds is 3. The number of halogens is 1. The molecule has 24 heavy (non-hydrogen) atoms. The zero-order valence-electron chi connectivity index (χ0n) is 14.6. The molecule has 3 rings (SSSR count). The molecule has 0 aliphatic carbocycles. The summed E-state index contributed by atoms with van der Waals surface area (Å²) in [5.41, 5.74) is 0.0782. The number of amides is 1. The van der Waals surface area contributed by atoms with Gasteiger partial charge in [0.05, 0.1) is 5.02 Å². The van der Waals surface area contributed by atoms with Crippen LogP contribution in [0.1, 0.15) is 39.0 Å². The first-order valence-corrected chi connectivity index (χ1v) is 9.28. The highest BCUT2D eigenvalue weighted by Crippen LogP contribution is 2.37. The Morgan fingerprint density at radius 2 is 2.08 bits per heavy atom. The van der Waals surface area contributed by atoms with E-state index in [2.05, 4.69) is 23.8 Å². The number of hydrogen-bond donors (Lipinski definition) is 0. The molecule has 2 aliphatic heterocycles. The summed E-state index contributed by atoms with van der Waals surface area (Å²) in [4.78, 5) is 17.4. The van der Waals surface area contributed by atoms with Gasteiger partial charge in [0.15, 0.2) is 6.61 Å². The van der Waals surface area contributed by atoms with E-state index in [4.69, 9.17) is 16.3 Å². The Morgan fingerprint density at radius 1 is 1.29 bits per heavy atom. The highest BCUT2D eigenvalue weighted by Gasteiger charge is 2.46.